The Morgan fingerprint density at radius 1 is 1.40 bits per heavy atom. The maximum absolute atomic E-state index is 12.4. The number of thioether (sulfide) groups is 1. The quantitative estimate of drug-likeness (QED) is 0.672. The lowest BCUT2D eigenvalue weighted by Crippen LogP contribution is -2.44. The number of hydrogen-bond acceptors (Lipinski definition) is 4. The summed E-state index contributed by atoms with van der Waals surface area (Å²) in [6, 6.07) is 5.89. The van der Waals surface area contributed by atoms with Crippen LogP contribution in [0.15, 0.2) is 24.3 Å². The fourth-order valence-electron chi connectivity index (χ4n) is 2.65. The van der Waals surface area contributed by atoms with Crippen LogP contribution in [0.3, 0.4) is 0 Å². The van der Waals surface area contributed by atoms with Gasteiger partial charge in [-0.25, -0.2) is 4.79 Å². The van der Waals surface area contributed by atoms with E-state index in [1.165, 1.54) is 4.90 Å². The molecule has 2 atom stereocenters. The fourth-order valence-corrected chi connectivity index (χ4v) is 3.46. The van der Waals surface area contributed by atoms with E-state index in [4.69, 9.17) is 11.6 Å². The summed E-state index contributed by atoms with van der Waals surface area (Å²) in [6.07, 6.45) is 0.436. The van der Waals surface area contributed by atoms with Crippen LogP contribution in [-0.4, -0.2) is 47.0 Å². The van der Waals surface area contributed by atoms with Crippen LogP contribution in [0.1, 0.15) is 19.8 Å². The van der Waals surface area contributed by atoms with Gasteiger partial charge >= 0.3 is 5.97 Å². The Morgan fingerprint density at radius 3 is 2.68 bits per heavy atom. The SMILES string of the molecule is CCSCCC(NC(=O)C1CC(=O)N(c2ccc(Cl)cc2)C1)C(=O)O. The highest BCUT2D eigenvalue weighted by Gasteiger charge is 2.36. The highest BCUT2D eigenvalue weighted by molar-refractivity contribution is 7.99. The van der Waals surface area contributed by atoms with Gasteiger partial charge in [-0.15, -0.1) is 0 Å². The van der Waals surface area contributed by atoms with E-state index in [1.54, 1.807) is 36.0 Å². The summed E-state index contributed by atoms with van der Waals surface area (Å²) in [5.41, 5.74) is 0.679. The number of amides is 2. The first-order valence-corrected chi connectivity index (χ1v) is 9.62. The summed E-state index contributed by atoms with van der Waals surface area (Å²) in [5, 5.41) is 12.4. The van der Waals surface area contributed by atoms with Crippen LogP contribution in [0.25, 0.3) is 0 Å². The molecule has 1 aliphatic rings. The van der Waals surface area contributed by atoms with E-state index in [0.717, 1.165) is 5.75 Å². The third kappa shape index (κ3) is 5.37. The number of carbonyl (C=O) groups excluding carboxylic acids is 2. The molecular weight excluding hydrogens is 364 g/mol. The van der Waals surface area contributed by atoms with Crippen molar-refractivity contribution in [3.8, 4) is 0 Å². The average molecular weight is 385 g/mol. The maximum atomic E-state index is 12.4. The van der Waals surface area contributed by atoms with Crippen LogP contribution >= 0.6 is 23.4 Å². The minimum Gasteiger partial charge on any atom is -0.480 e. The van der Waals surface area contributed by atoms with Gasteiger partial charge in [-0.05, 0) is 42.2 Å². The molecule has 0 bridgehead atoms. The molecule has 1 fully saturated rings. The highest BCUT2D eigenvalue weighted by Crippen LogP contribution is 2.26. The summed E-state index contributed by atoms with van der Waals surface area (Å²) in [6.45, 7) is 2.23. The van der Waals surface area contributed by atoms with Gasteiger partial charge in [0.2, 0.25) is 11.8 Å². The van der Waals surface area contributed by atoms with Crippen LogP contribution in [0.4, 0.5) is 5.69 Å². The van der Waals surface area contributed by atoms with Gasteiger partial charge in [0.15, 0.2) is 0 Å². The van der Waals surface area contributed by atoms with Crippen molar-refractivity contribution in [3.05, 3.63) is 29.3 Å². The third-order valence-corrected chi connectivity index (χ3v) is 5.19. The number of nitrogens with one attached hydrogen (secondary N) is 1. The topological polar surface area (TPSA) is 86.7 Å². The Bertz CT molecular complexity index is 638. The van der Waals surface area contributed by atoms with E-state index >= 15 is 0 Å². The Kier molecular flexibility index (Phi) is 7.13. The Hall–Kier alpha value is -1.73. The van der Waals surface area contributed by atoms with Crippen LogP contribution < -0.4 is 10.2 Å². The number of aliphatic carboxylic acids is 1. The number of halogens is 1. The smallest absolute Gasteiger partial charge is 0.326 e. The first-order valence-electron chi connectivity index (χ1n) is 8.09. The molecule has 2 N–H and O–H groups in total. The minimum atomic E-state index is -1.05. The van der Waals surface area contributed by atoms with Gasteiger partial charge < -0.3 is 15.3 Å². The molecule has 0 aliphatic carbocycles. The standard InChI is InChI=1S/C17H21ClN2O4S/c1-2-25-8-7-14(17(23)24)19-16(22)11-9-15(21)20(10-11)13-5-3-12(18)4-6-13/h3-6,11,14H,2,7-10H2,1H3,(H,19,22)(H,23,24). The van der Waals surface area contributed by atoms with Crippen LogP contribution in [0, 0.1) is 5.92 Å². The Morgan fingerprint density at radius 2 is 2.08 bits per heavy atom. The molecule has 1 aromatic rings. The lowest BCUT2D eigenvalue weighted by molar-refractivity contribution is -0.142. The van der Waals surface area contributed by atoms with Crippen molar-refractivity contribution in [3.63, 3.8) is 0 Å². The van der Waals surface area contributed by atoms with E-state index in [-0.39, 0.29) is 18.9 Å². The second-order valence-electron chi connectivity index (χ2n) is 5.77. The summed E-state index contributed by atoms with van der Waals surface area (Å²) in [5.74, 6) is -0.593. The first kappa shape index (κ1) is 19.6. The molecule has 0 saturated carbocycles. The minimum absolute atomic E-state index is 0.0739. The van der Waals surface area contributed by atoms with Gasteiger partial charge in [0, 0.05) is 23.7 Å². The molecule has 2 unspecified atom stereocenters. The number of hydrogen-bond donors (Lipinski definition) is 2. The fraction of sp³-hybridized carbons (Fsp3) is 0.471. The molecule has 136 valence electrons. The lowest BCUT2D eigenvalue weighted by atomic mass is 10.1. The van der Waals surface area contributed by atoms with Crippen molar-refractivity contribution in [2.45, 2.75) is 25.8 Å². The summed E-state index contributed by atoms with van der Waals surface area (Å²) in [7, 11) is 0. The molecule has 1 aromatic carbocycles. The molecule has 6 nitrogen and oxygen atoms in total. The third-order valence-electron chi connectivity index (χ3n) is 4.00. The molecule has 1 heterocycles. The van der Waals surface area contributed by atoms with Crippen LogP contribution in [0.5, 0.6) is 0 Å². The lowest BCUT2D eigenvalue weighted by Gasteiger charge is -2.18. The van der Waals surface area contributed by atoms with Crippen LogP contribution in [-0.2, 0) is 14.4 Å². The zero-order chi connectivity index (χ0) is 18.4. The van der Waals surface area contributed by atoms with E-state index < -0.39 is 23.8 Å². The molecule has 2 rings (SSSR count). The van der Waals surface area contributed by atoms with Crippen molar-refractivity contribution in [1.29, 1.82) is 0 Å². The van der Waals surface area contributed by atoms with E-state index in [0.29, 0.717) is 22.9 Å². The molecule has 8 heteroatoms. The molecule has 0 aromatic heterocycles. The Balaban J connectivity index is 1.96. The van der Waals surface area contributed by atoms with Crippen molar-refractivity contribution >= 4 is 46.8 Å². The number of carboxylic acid groups (broad SMARTS) is 1. The summed E-state index contributed by atoms with van der Waals surface area (Å²) < 4.78 is 0. The van der Waals surface area contributed by atoms with Gasteiger partial charge in [-0.3, -0.25) is 9.59 Å². The van der Waals surface area contributed by atoms with Crippen molar-refractivity contribution in [1.82, 2.24) is 5.32 Å². The van der Waals surface area contributed by atoms with Crippen molar-refractivity contribution in [2.24, 2.45) is 5.92 Å². The molecule has 1 saturated heterocycles. The average Bonchev–Trinajstić information content (AvgIpc) is 2.96. The van der Waals surface area contributed by atoms with Crippen molar-refractivity contribution in [2.75, 3.05) is 23.0 Å². The van der Waals surface area contributed by atoms with Gasteiger partial charge in [0.25, 0.3) is 0 Å². The number of benzene rings is 1. The molecule has 0 spiro atoms. The van der Waals surface area contributed by atoms with Gasteiger partial charge in [-0.2, -0.15) is 11.8 Å². The number of carboxylic acids is 1. The van der Waals surface area contributed by atoms with Gasteiger partial charge in [-0.1, -0.05) is 18.5 Å². The van der Waals surface area contributed by atoms with Gasteiger partial charge in [0.1, 0.15) is 6.04 Å². The van der Waals surface area contributed by atoms with Gasteiger partial charge in [0.05, 0.1) is 5.92 Å². The first-order chi connectivity index (χ1) is 11.9. The number of nitrogens with zero attached hydrogens (tertiary/aromatic N) is 1. The zero-order valence-corrected chi connectivity index (χ0v) is 15.5. The van der Waals surface area contributed by atoms with E-state index in [9.17, 15) is 19.5 Å². The summed E-state index contributed by atoms with van der Waals surface area (Å²) >= 11 is 7.47. The highest BCUT2D eigenvalue weighted by atomic mass is 35.5. The zero-order valence-electron chi connectivity index (χ0n) is 13.9. The molecule has 1 aliphatic heterocycles. The van der Waals surface area contributed by atoms with Crippen molar-refractivity contribution < 1.29 is 19.5 Å². The Labute approximate surface area is 155 Å². The maximum Gasteiger partial charge on any atom is 0.326 e. The van der Waals surface area contributed by atoms with E-state index in [2.05, 4.69) is 5.32 Å². The van der Waals surface area contributed by atoms with E-state index in [1.807, 2.05) is 6.92 Å². The molecular formula is C17H21ClN2O4S. The predicted molar refractivity (Wildman–Crippen MR) is 99.1 cm³/mol. The largest absolute Gasteiger partial charge is 0.480 e. The molecule has 2 amide bonds. The molecule has 25 heavy (non-hydrogen) atoms. The number of rotatable bonds is 8. The molecule has 0 radical (unpaired) electrons. The summed E-state index contributed by atoms with van der Waals surface area (Å²) in [4.78, 5) is 37.4. The number of carbonyl (C=O) groups is 3. The number of anilines is 1. The van der Waals surface area contributed by atoms with Crippen LogP contribution in [0.2, 0.25) is 5.02 Å². The predicted octanol–water partition coefficient (Wildman–Crippen LogP) is 2.41. The second kappa shape index (κ2) is 9.10. The second-order valence-corrected chi connectivity index (χ2v) is 7.60. The monoisotopic (exact) mass is 384 g/mol. The normalized spacial score (nSPS) is 18.2.